The van der Waals surface area contributed by atoms with E-state index in [4.69, 9.17) is 0 Å². The van der Waals surface area contributed by atoms with Gasteiger partial charge in [-0.2, -0.15) is 0 Å². The molecule has 0 heterocycles. The van der Waals surface area contributed by atoms with Crippen LogP contribution in [0.2, 0.25) is 0 Å². The van der Waals surface area contributed by atoms with Gasteiger partial charge in [-0.05, 0) is 54.9 Å². The maximum absolute atomic E-state index is 13.3. The molecule has 1 atom stereocenters. The second-order valence-corrected chi connectivity index (χ2v) is 8.16. The van der Waals surface area contributed by atoms with Gasteiger partial charge in [-0.15, -0.1) is 0 Å². The van der Waals surface area contributed by atoms with Gasteiger partial charge in [0.2, 0.25) is 11.8 Å². The van der Waals surface area contributed by atoms with Crippen molar-refractivity contribution in [2.45, 2.75) is 72.4 Å². The molecule has 2 amide bonds. The molecule has 0 saturated heterocycles. The Hall–Kier alpha value is -2.62. The molecule has 4 heteroatoms. The molecule has 0 saturated carbocycles. The van der Waals surface area contributed by atoms with Gasteiger partial charge in [0.05, 0.1) is 0 Å². The standard InChI is InChI=1S/C26H36N2O2/c1-6-24(26(30)27-7-2)28(18-23-11-9-8-10-20(23)5)25(29)17-14-21-12-15-22(16-13-21)19(3)4/h8-13,15-16,19,24H,6-7,14,17-18H2,1-5H3,(H,27,30)/t24-/m1/s1. The predicted molar refractivity (Wildman–Crippen MR) is 123 cm³/mol. The van der Waals surface area contributed by atoms with Crippen LogP contribution in [0.25, 0.3) is 0 Å². The van der Waals surface area contributed by atoms with Crippen LogP contribution in [-0.4, -0.2) is 29.3 Å². The first-order valence-corrected chi connectivity index (χ1v) is 11.1. The maximum atomic E-state index is 13.3. The first-order chi connectivity index (χ1) is 14.4. The van der Waals surface area contributed by atoms with Gasteiger partial charge in [0, 0.05) is 19.5 Å². The minimum absolute atomic E-state index is 0.0179. The number of nitrogens with zero attached hydrogens (tertiary/aromatic N) is 1. The summed E-state index contributed by atoms with van der Waals surface area (Å²) in [6.45, 7) is 11.3. The number of benzene rings is 2. The van der Waals surface area contributed by atoms with Crippen LogP contribution in [0.3, 0.4) is 0 Å². The van der Waals surface area contributed by atoms with Crippen molar-refractivity contribution < 1.29 is 9.59 Å². The minimum Gasteiger partial charge on any atom is -0.355 e. The van der Waals surface area contributed by atoms with Crippen molar-refractivity contribution >= 4 is 11.8 Å². The molecule has 0 aromatic heterocycles. The van der Waals surface area contributed by atoms with Crippen molar-refractivity contribution in [2.24, 2.45) is 0 Å². The van der Waals surface area contributed by atoms with Crippen LogP contribution >= 0.6 is 0 Å². The van der Waals surface area contributed by atoms with E-state index in [1.807, 2.05) is 45.0 Å². The molecule has 2 aromatic rings. The van der Waals surface area contributed by atoms with Crippen molar-refractivity contribution in [1.29, 1.82) is 0 Å². The zero-order valence-electron chi connectivity index (χ0n) is 19.1. The highest BCUT2D eigenvalue weighted by atomic mass is 16.2. The number of aryl methyl sites for hydroxylation is 2. The molecule has 0 fully saturated rings. The van der Waals surface area contributed by atoms with E-state index >= 15 is 0 Å². The number of carbonyl (C=O) groups excluding carboxylic acids is 2. The van der Waals surface area contributed by atoms with Gasteiger partial charge >= 0.3 is 0 Å². The van der Waals surface area contributed by atoms with E-state index in [9.17, 15) is 9.59 Å². The Balaban J connectivity index is 2.18. The first kappa shape index (κ1) is 23.7. The number of amides is 2. The Bertz CT molecular complexity index is 827. The Kier molecular flexibility index (Phi) is 9.10. The van der Waals surface area contributed by atoms with Gasteiger partial charge in [0.25, 0.3) is 0 Å². The molecule has 162 valence electrons. The number of rotatable bonds is 10. The van der Waals surface area contributed by atoms with Crippen LogP contribution in [0, 0.1) is 6.92 Å². The third-order valence-corrected chi connectivity index (χ3v) is 5.61. The summed E-state index contributed by atoms with van der Waals surface area (Å²) in [7, 11) is 0. The SMILES string of the molecule is CCNC(=O)[C@@H](CC)N(Cc1ccccc1C)C(=O)CCc1ccc(C(C)C)cc1. The lowest BCUT2D eigenvalue weighted by Crippen LogP contribution is -2.49. The molecule has 1 N–H and O–H groups in total. The molecule has 30 heavy (non-hydrogen) atoms. The molecule has 0 aliphatic heterocycles. The Morgan fingerprint density at radius 1 is 1.00 bits per heavy atom. The van der Waals surface area contributed by atoms with E-state index in [2.05, 4.69) is 43.4 Å². The summed E-state index contributed by atoms with van der Waals surface area (Å²) in [5.74, 6) is 0.431. The second-order valence-electron chi connectivity index (χ2n) is 8.16. The number of likely N-dealkylation sites (N-methyl/N-ethyl adjacent to an activating group) is 1. The van der Waals surface area contributed by atoms with Crippen LogP contribution in [0.4, 0.5) is 0 Å². The lowest BCUT2D eigenvalue weighted by Gasteiger charge is -2.31. The third kappa shape index (κ3) is 6.45. The number of hydrogen-bond donors (Lipinski definition) is 1. The topological polar surface area (TPSA) is 49.4 Å². The lowest BCUT2D eigenvalue weighted by atomic mass is 10.00. The largest absolute Gasteiger partial charge is 0.355 e. The second kappa shape index (κ2) is 11.5. The van der Waals surface area contributed by atoms with E-state index < -0.39 is 6.04 Å². The van der Waals surface area contributed by atoms with Crippen molar-refractivity contribution in [3.63, 3.8) is 0 Å². The van der Waals surface area contributed by atoms with Crippen LogP contribution in [0.5, 0.6) is 0 Å². The summed E-state index contributed by atoms with van der Waals surface area (Å²) >= 11 is 0. The Labute approximate surface area is 181 Å². The molecule has 2 aromatic carbocycles. The van der Waals surface area contributed by atoms with E-state index in [1.165, 1.54) is 5.56 Å². The fourth-order valence-electron chi connectivity index (χ4n) is 3.65. The fraction of sp³-hybridized carbons (Fsp3) is 0.462. The smallest absolute Gasteiger partial charge is 0.242 e. The molecular weight excluding hydrogens is 372 g/mol. The maximum Gasteiger partial charge on any atom is 0.242 e. The van der Waals surface area contributed by atoms with E-state index in [0.717, 1.165) is 16.7 Å². The number of nitrogens with one attached hydrogen (secondary N) is 1. The van der Waals surface area contributed by atoms with Crippen LogP contribution in [0.1, 0.15) is 68.7 Å². The molecule has 0 unspecified atom stereocenters. The summed E-state index contributed by atoms with van der Waals surface area (Å²) in [6, 6.07) is 16.1. The Morgan fingerprint density at radius 3 is 2.23 bits per heavy atom. The quantitative estimate of drug-likeness (QED) is 0.602. The molecule has 0 radical (unpaired) electrons. The van der Waals surface area contributed by atoms with Gasteiger partial charge in [-0.25, -0.2) is 0 Å². The van der Waals surface area contributed by atoms with Crippen molar-refractivity contribution in [1.82, 2.24) is 10.2 Å². The van der Waals surface area contributed by atoms with Crippen molar-refractivity contribution in [2.75, 3.05) is 6.54 Å². The fourth-order valence-corrected chi connectivity index (χ4v) is 3.65. The number of hydrogen-bond acceptors (Lipinski definition) is 2. The predicted octanol–water partition coefficient (Wildman–Crippen LogP) is 4.99. The summed E-state index contributed by atoms with van der Waals surface area (Å²) in [5, 5.41) is 2.89. The molecule has 4 nitrogen and oxygen atoms in total. The highest BCUT2D eigenvalue weighted by molar-refractivity contribution is 5.87. The highest BCUT2D eigenvalue weighted by Gasteiger charge is 2.28. The highest BCUT2D eigenvalue weighted by Crippen LogP contribution is 2.19. The molecule has 2 rings (SSSR count). The summed E-state index contributed by atoms with van der Waals surface area (Å²) in [4.78, 5) is 27.7. The van der Waals surface area contributed by atoms with Crippen LogP contribution < -0.4 is 5.32 Å². The van der Waals surface area contributed by atoms with Crippen molar-refractivity contribution in [3.8, 4) is 0 Å². The van der Waals surface area contributed by atoms with E-state index in [-0.39, 0.29) is 11.8 Å². The Morgan fingerprint density at radius 2 is 1.67 bits per heavy atom. The first-order valence-electron chi connectivity index (χ1n) is 11.1. The van der Waals surface area contributed by atoms with Gasteiger partial charge in [-0.1, -0.05) is 69.3 Å². The van der Waals surface area contributed by atoms with Crippen LogP contribution in [0.15, 0.2) is 48.5 Å². The average Bonchev–Trinajstić information content (AvgIpc) is 2.73. The third-order valence-electron chi connectivity index (χ3n) is 5.61. The van der Waals surface area contributed by atoms with Gasteiger partial charge < -0.3 is 10.2 Å². The van der Waals surface area contributed by atoms with Crippen LogP contribution in [-0.2, 0) is 22.6 Å². The normalized spacial score (nSPS) is 11.9. The zero-order chi connectivity index (χ0) is 22.1. The molecular formula is C26H36N2O2. The van der Waals surface area contributed by atoms with E-state index in [0.29, 0.717) is 38.3 Å². The summed E-state index contributed by atoms with van der Waals surface area (Å²) in [6.07, 6.45) is 1.66. The minimum atomic E-state index is -0.458. The molecule has 0 aliphatic rings. The van der Waals surface area contributed by atoms with E-state index in [1.54, 1.807) is 4.90 Å². The van der Waals surface area contributed by atoms with Gasteiger partial charge in [0.1, 0.15) is 6.04 Å². The van der Waals surface area contributed by atoms with Crippen molar-refractivity contribution in [3.05, 3.63) is 70.8 Å². The molecule has 0 bridgehead atoms. The number of carbonyl (C=O) groups is 2. The summed E-state index contributed by atoms with van der Waals surface area (Å²) in [5.41, 5.74) is 4.66. The molecule has 0 spiro atoms. The van der Waals surface area contributed by atoms with Gasteiger partial charge in [0.15, 0.2) is 0 Å². The lowest BCUT2D eigenvalue weighted by molar-refractivity contribution is -0.141. The summed E-state index contributed by atoms with van der Waals surface area (Å²) < 4.78 is 0. The molecule has 0 aliphatic carbocycles. The average molecular weight is 409 g/mol. The zero-order valence-corrected chi connectivity index (χ0v) is 19.1. The van der Waals surface area contributed by atoms with Gasteiger partial charge in [-0.3, -0.25) is 9.59 Å². The monoisotopic (exact) mass is 408 g/mol.